The summed E-state index contributed by atoms with van der Waals surface area (Å²) in [6, 6.07) is 3.85. The number of nitrogens with zero attached hydrogens (tertiary/aromatic N) is 7. The predicted octanol–water partition coefficient (Wildman–Crippen LogP) is 0.876. The number of amides is 1. The number of nitrogens with one attached hydrogen (secondary N) is 2. The van der Waals surface area contributed by atoms with Crippen LogP contribution in [-0.4, -0.2) is 52.8 Å². The van der Waals surface area contributed by atoms with Gasteiger partial charge in [-0.05, 0) is 22.6 Å². The fourth-order valence-corrected chi connectivity index (χ4v) is 3.17. The molecule has 4 aromatic rings. The molecule has 0 aliphatic carbocycles. The van der Waals surface area contributed by atoms with Gasteiger partial charge in [-0.15, -0.1) is 16.4 Å². The standard InChI is InChI=1S/C15H13N9OS/c25-14(12-7-18-21-13(12)24-9-19-22-23-24)17-5-3-11-8-26-15(20-11)10-2-1-4-16-6-10/h1-2,4,6-9H,3,5H2,(H,17,25)(H,18,21). The van der Waals surface area contributed by atoms with Crippen molar-refractivity contribution in [1.29, 1.82) is 0 Å². The maximum Gasteiger partial charge on any atom is 0.256 e. The Bertz CT molecular complexity index is 993. The Morgan fingerprint density at radius 1 is 1.35 bits per heavy atom. The molecule has 4 heterocycles. The maximum atomic E-state index is 12.4. The van der Waals surface area contributed by atoms with E-state index in [1.807, 2.05) is 17.5 Å². The van der Waals surface area contributed by atoms with Crippen molar-refractivity contribution in [2.24, 2.45) is 0 Å². The fourth-order valence-electron chi connectivity index (χ4n) is 2.33. The van der Waals surface area contributed by atoms with Gasteiger partial charge in [-0.25, -0.2) is 4.98 Å². The molecule has 2 N–H and O–H groups in total. The highest BCUT2D eigenvalue weighted by molar-refractivity contribution is 7.13. The van der Waals surface area contributed by atoms with Crippen LogP contribution in [0.1, 0.15) is 16.1 Å². The van der Waals surface area contributed by atoms with Crippen molar-refractivity contribution in [3.05, 3.63) is 53.7 Å². The van der Waals surface area contributed by atoms with Crippen molar-refractivity contribution in [3.63, 3.8) is 0 Å². The molecule has 0 aliphatic heterocycles. The number of hydrogen-bond acceptors (Lipinski definition) is 8. The number of hydrogen-bond donors (Lipinski definition) is 2. The molecule has 0 saturated carbocycles. The van der Waals surface area contributed by atoms with Crippen LogP contribution in [-0.2, 0) is 6.42 Å². The highest BCUT2D eigenvalue weighted by Gasteiger charge is 2.16. The molecule has 0 fully saturated rings. The number of thiazole rings is 1. The van der Waals surface area contributed by atoms with Crippen LogP contribution in [0.3, 0.4) is 0 Å². The molecule has 0 spiro atoms. The molecule has 0 aromatic carbocycles. The molecular weight excluding hydrogens is 354 g/mol. The van der Waals surface area contributed by atoms with E-state index in [1.165, 1.54) is 17.2 Å². The number of pyridine rings is 1. The summed E-state index contributed by atoms with van der Waals surface area (Å²) in [6.45, 7) is 0.454. The summed E-state index contributed by atoms with van der Waals surface area (Å²) in [5, 5.41) is 23.2. The normalized spacial score (nSPS) is 10.8. The van der Waals surface area contributed by atoms with Crippen LogP contribution >= 0.6 is 11.3 Å². The minimum Gasteiger partial charge on any atom is -0.351 e. The predicted molar refractivity (Wildman–Crippen MR) is 92.7 cm³/mol. The molecule has 130 valence electrons. The second-order valence-corrected chi connectivity index (χ2v) is 6.14. The SMILES string of the molecule is O=C(NCCc1csc(-c2cccnc2)n1)c1cn[nH]c1-n1cnnn1. The number of tetrazole rings is 1. The third-order valence-electron chi connectivity index (χ3n) is 3.57. The zero-order chi connectivity index (χ0) is 17.8. The molecule has 0 aliphatic rings. The van der Waals surface area contributed by atoms with Crippen LogP contribution < -0.4 is 5.32 Å². The van der Waals surface area contributed by atoms with Crippen LogP contribution in [0.15, 0.2) is 42.4 Å². The lowest BCUT2D eigenvalue weighted by Gasteiger charge is -2.04. The Balaban J connectivity index is 1.36. The summed E-state index contributed by atoms with van der Waals surface area (Å²) in [7, 11) is 0. The Morgan fingerprint density at radius 3 is 3.12 bits per heavy atom. The molecule has 0 atom stereocenters. The van der Waals surface area contributed by atoms with E-state index < -0.39 is 0 Å². The number of H-pyrrole nitrogens is 1. The monoisotopic (exact) mass is 367 g/mol. The van der Waals surface area contributed by atoms with E-state index in [9.17, 15) is 4.79 Å². The minimum atomic E-state index is -0.257. The van der Waals surface area contributed by atoms with Gasteiger partial charge in [0.05, 0.1) is 11.9 Å². The van der Waals surface area contributed by atoms with Crippen molar-refractivity contribution in [3.8, 4) is 16.4 Å². The fraction of sp³-hybridized carbons (Fsp3) is 0.133. The number of carbonyl (C=O) groups is 1. The van der Waals surface area contributed by atoms with Crippen LogP contribution in [0, 0.1) is 0 Å². The van der Waals surface area contributed by atoms with Crippen LogP contribution in [0.5, 0.6) is 0 Å². The highest BCUT2D eigenvalue weighted by atomic mass is 32.1. The molecular formula is C15H13N9OS. The molecule has 1 amide bonds. The van der Waals surface area contributed by atoms with E-state index in [-0.39, 0.29) is 5.91 Å². The minimum absolute atomic E-state index is 0.257. The topological polar surface area (TPSA) is 127 Å². The lowest BCUT2D eigenvalue weighted by Crippen LogP contribution is -2.26. The average Bonchev–Trinajstić information content (AvgIpc) is 3.42. The number of rotatable bonds is 6. The zero-order valence-electron chi connectivity index (χ0n) is 13.4. The number of aromatic amines is 1. The van der Waals surface area contributed by atoms with Gasteiger partial charge in [0, 0.05) is 36.3 Å². The first-order valence-corrected chi connectivity index (χ1v) is 8.59. The summed E-state index contributed by atoms with van der Waals surface area (Å²) in [5.41, 5.74) is 2.27. The molecule has 10 nitrogen and oxygen atoms in total. The molecule has 4 aromatic heterocycles. The number of carbonyl (C=O) groups excluding carboxylic acids is 1. The van der Waals surface area contributed by atoms with Gasteiger partial charge in [0.25, 0.3) is 5.91 Å². The van der Waals surface area contributed by atoms with Crippen molar-refractivity contribution in [2.75, 3.05) is 6.54 Å². The van der Waals surface area contributed by atoms with Crippen LogP contribution in [0.2, 0.25) is 0 Å². The van der Waals surface area contributed by atoms with Gasteiger partial charge in [-0.3, -0.25) is 14.9 Å². The smallest absolute Gasteiger partial charge is 0.256 e. The maximum absolute atomic E-state index is 12.4. The summed E-state index contributed by atoms with van der Waals surface area (Å²) in [5.74, 6) is 0.159. The Kier molecular flexibility index (Phi) is 4.43. The van der Waals surface area contributed by atoms with Crippen molar-refractivity contribution in [1.82, 2.24) is 45.7 Å². The second kappa shape index (κ2) is 7.19. The molecule has 0 bridgehead atoms. The average molecular weight is 367 g/mol. The second-order valence-electron chi connectivity index (χ2n) is 5.28. The number of aromatic nitrogens is 8. The van der Waals surface area contributed by atoms with E-state index in [0.717, 1.165) is 16.3 Å². The summed E-state index contributed by atoms with van der Waals surface area (Å²) >= 11 is 1.56. The largest absolute Gasteiger partial charge is 0.351 e. The zero-order valence-corrected chi connectivity index (χ0v) is 14.2. The Labute approximate surface area is 151 Å². The van der Waals surface area contributed by atoms with Gasteiger partial charge in [0.2, 0.25) is 0 Å². The van der Waals surface area contributed by atoms with Gasteiger partial charge < -0.3 is 5.32 Å². The Morgan fingerprint density at radius 2 is 2.31 bits per heavy atom. The molecule has 0 radical (unpaired) electrons. The molecule has 26 heavy (non-hydrogen) atoms. The first kappa shape index (κ1) is 16.0. The lowest BCUT2D eigenvalue weighted by molar-refractivity contribution is 0.0954. The molecule has 0 unspecified atom stereocenters. The molecule has 4 rings (SSSR count). The first-order chi connectivity index (χ1) is 12.8. The van der Waals surface area contributed by atoms with Gasteiger partial charge in [0.1, 0.15) is 16.9 Å². The van der Waals surface area contributed by atoms with Crippen LogP contribution in [0.4, 0.5) is 0 Å². The van der Waals surface area contributed by atoms with E-state index in [0.29, 0.717) is 24.3 Å². The Hall–Kier alpha value is -3.47. The van der Waals surface area contributed by atoms with E-state index in [2.05, 4.69) is 41.0 Å². The van der Waals surface area contributed by atoms with Crippen molar-refractivity contribution < 1.29 is 4.79 Å². The molecule has 0 saturated heterocycles. The summed E-state index contributed by atoms with van der Waals surface area (Å²) in [6.07, 6.45) is 6.96. The molecule has 11 heteroatoms. The van der Waals surface area contributed by atoms with Gasteiger partial charge in [-0.2, -0.15) is 9.78 Å². The van der Waals surface area contributed by atoms with E-state index in [4.69, 9.17) is 0 Å². The summed E-state index contributed by atoms with van der Waals surface area (Å²) in [4.78, 5) is 21.0. The quantitative estimate of drug-likeness (QED) is 0.518. The third-order valence-corrected chi connectivity index (χ3v) is 4.51. The lowest BCUT2D eigenvalue weighted by atomic mass is 10.2. The first-order valence-electron chi connectivity index (χ1n) is 7.71. The van der Waals surface area contributed by atoms with E-state index in [1.54, 1.807) is 23.7 Å². The van der Waals surface area contributed by atoms with E-state index >= 15 is 0 Å². The van der Waals surface area contributed by atoms with Gasteiger partial charge in [0.15, 0.2) is 5.82 Å². The van der Waals surface area contributed by atoms with Crippen LogP contribution in [0.25, 0.3) is 16.4 Å². The van der Waals surface area contributed by atoms with Crippen molar-refractivity contribution in [2.45, 2.75) is 6.42 Å². The highest BCUT2D eigenvalue weighted by Crippen LogP contribution is 2.22. The third kappa shape index (κ3) is 3.32. The van der Waals surface area contributed by atoms with Gasteiger partial charge >= 0.3 is 0 Å². The van der Waals surface area contributed by atoms with Gasteiger partial charge in [-0.1, -0.05) is 0 Å². The summed E-state index contributed by atoms with van der Waals surface area (Å²) < 4.78 is 1.35. The van der Waals surface area contributed by atoms with Crippen molar-refractivity contribution >= 4 is 17.2 Å².